The minimum atomic E-state index is 0.178. The SMILES string of the molecule is CNC(Cc1cc(C)cc(C)c1)c1ccoc1Cl. The summed E-state index contributed by atoms with van der Waals surface area (Å²) in [4.78, 5) is 0. The summed E-state index contributed by atoms with van der Waals surface area (Å²) in [5, 5.41) is 3.76. The zero-order valence-electron chi connectivity index (χ0n) is 11.0. The second kappa shape index (κ2) is 5.59. The summed E-state index contributed by atoms with van der Waals surface area (Å²) in [7, 11) is 1.94. The van der Waals surface area contributed by atoms with Crippen LogP contribution in [0, 0.1) is 13.8 Å². The van der Waals surface area contributed by atoms with Gasteiger partial charge in [0, 0.05) is 11.6 Å². The van der Waals surface area contributed by atoms with Crippen molar-refractivity contribution in [2.45, 2.75) is 26.3 Å². The molecule has 1 unspecified atom stereocenters. The number of aryl methyl sites for hydroxylation is 2. The van der Waals surface area contributed by atoms with Crippen LogP contribution in [0.15, 0.2) is 34.9 Å². The number of furan rings is 1. The second-order valence-electron chi connectivity index (χ2n) is 4.69. The first-order valence-corrected chi connectivity index (χ1v) is 6.45. The maximum Gasteiger partial charge on any atom is 0.197 e. The Morgan fingerprint density at radius 3 is 2.39 bits per heavy atom. The van der Waals surface area contributed by atoms with Crippen molar-refractivity contribution in [2.75, 3.05) is 7.05 Å². The highest BCUT2D eigenvalue weighted by atomic mass is 35.5. The van der Waals surface area contributed by atoms with Crippen molar-refractivity contribution < 1.29 is 4.42 Å². The van der Waals surface area contributed by atoms with Gasteiger partial charge in [0.1, 0.15) is 0 Å². The van der Waals surface area contributed by atoms with Crippen LogP contribution in [-0.2, 0) is 6.42 Å². The molecule has 0 spiro atoms. The molecule has 0 radical (unpaired) electrons. The molecule has 96 valence electrons. The molecule has 0 aliphatic heterocycles. The summed E-state index contributed by atoms with van der Waals surface area (Å²) in [6, 6.07) is 8.71. The predicted octanol–water partition coefficient (Wildman–Crippen LogP) is 4.05. The third-order valence-corrected chi connectivity index (χ3v) is 3.40. The van der Waals surface area contributed by atoms with E-state index in [1.165, 1.54) is 16.7 Å². The fraction of sp³-hybridized carbons (Fsp3) is 0.333. The third kappa shape index (κ3) is 2.95. The van der Waals surface area contributed by atoms with E-state index in [0.717, 1.165) is 12.0 Å². The Kier molecular flexibility index (Phi) is 4.10. The quantitative estimate of drug-likeness (QED) is 0.900. The van der Waals surface area contributed by atoms with Gasteiger partial charge in [-0.05, 0) is 50.5 Å². The molecule has 1 N–H and O–H groups in total. The molecule has 0 aliphatic rings. The van der Waals surface area contributed by atoms with Crippen molar-refractivity contribution in [1.82, 2.24) is 5.32 Å². The average molecular weight is 264 g/mol. The van der Waals surface area contributed by atoms with E-state index in [-0.39, 0.29) is 6.04 Å². The van der Waals surface area contributed by atoms with Crippen LogP contribution in [0.2, 0.25) is 5.22 Å². The number of rotatable bonds is 4. The first-order chi connectivity index (χ1) is 8.60. The molecule has 1 heterocycles. The Labute approximate surface area is 113 Å². The molecular weight excluding hydrogens is 246 g/mol. The Morgan fingerprint density at radius 1 is 1.22 bits per heavy atom. The van der Waals surface area contributed by atoms with Crippen molar-refractivity contribution in [3.63, 3.8) is 0 Å². The summed E-state index contributed by atoms with van der Waals surface area (Å²) < 4.78 is 5.16. The largest absolute Gasteiger partial charge is 0.453 e. The smallest absolute Gasteiger partial charge is 0.197 e. The normalized spacial score (nSPS) is 12.7. The van der Waals surface area contributed by atoms with Gasteiger partial charge in [-0.1, -0.05) is 29.3 Å². The lowest BCUT2D eigenvalue weighted by Crippen LogP contribution is -2.18. The molecule has 2 rings (SSSR count). The van der Waals surface area contributed by atoms with E-state index in [4.69, 9.17) is 16.0 Å². The predicted molar refractivity (Wildman–Crippen MR) is 75.1 cm³/mol. The molecule has 0 saturated heterocycles. The first-order valence-electron chi connectivity index (χ1n) is 6.07. The van der Waals surface area contributed by atoms with Crippen LogP contribution in [0.25, 0.3) is 0 Å². The minimum absolute atomic E-state index is 0.178. The molecule has 3 heteroatoms. The first kappa shape index (κ1) is 13.2. The van der Waals surface area contributed by atoms with Gasteiger partial charge in [0.2, 0.25) is 0 Å². The van der Waals surface area contributed by atoms with E-state index in [1.807, 2.05) is 13.1 Å². The van der Waals surface area contributed by atoms with Crippen LogP contribution >= 0.6 is 11.6 Å². The lowest BCUT2D eigenvalue weighted by atomic mass is 9.98. The van der Waals surface area contributed by atoms with Crippen LogP contribution in [-0.4, -0.2) is 7.05 Å². The lowest BCUT2D eigenvalue weighted by molar-refractivity contribution is 0.544. The monoisotopic (exact) mass is 263 g/mol. The fourth-order valence-electron chi connectivity index (χ4n) is 2.34. The number of hydrogen-bond acceptors (Lipinski definition) is 2. The topological polar surface area (TPSA) is 25.2 Å². The van der Waals surface area contributed by atoms with Crippen molar-refractivity contribution in [3.8, 4) is 0 Å². The molecule has 1 atom stereocenters. The van der Waals surface area contributed by atoms with E-state index in [1.54, 1.807) is 6.26 Å². The zero-order chi connectivity index (χ0) is 13.1. The van der Waals surface area contributed by atoms with E-state index in [2.05, 4.69) is 37.4 Å². The van der Waals surface area contributed by atoms with Gasteiger partial charge in [-0.3, -0.25) is 0 Å². The number of likely N-dealkylation sites (N-methyl/N-ethyl adjacent to an activating group) is 1. The average Bonchev–Trinajstić information content (AvgIpc) is 2.71. The Morgan fingerprint density at radius 2 is 1.89 bits per heavy atom. The maximum atomic E-state index is 6.04. The van der Waals surface area contributed by atoms with Gasteiger partial charge in [-0.15, -0.1) is 0 Å². The van der Waals surface area contributed by atoms with E-state index < -0.39 is 0 Å². The van der Waals surface area contributed by atoms with Crippen molar-refractivity contribution in [3.05, 3.63) is 58.0 Å². The summed E-state index contributed by atoms with van der Waals surface area (Å²) in [6.45, 7) is 4.24. The molecule has 0 saturated carbocycles. The molecule has 0 amide bonds. The van der Waals surface area contributed by atoms with Gasteiger partial charge in [-0.25, -0.2) is 0 Å². The van der Waals surface area contributed by atoms with Crippen LogP contribution in [0.4, 0.5) is 0 Å². The molecule has 1 aromatic heterocycles. The van der Waals surface area contributed by atoms with E-state index in [9.17, 15) is 0 Å². The van der Waals surface area contributed by atoms with Gasteiger partial charge >= 0.3 is 0 Å². The molecule has 2 aromatic rings. The molecule has 0 aliphatic carbocycles. The number of hydrogen-bond donors (Lipinski definition) is 1. The summed E-state index contributed by atoms with van der Waals surface area (Å²) in [6.07, 6.45) is 2.53. The highest BCUT2D eigenvalue weighted by Gasteiger charge is 2.15. The number of benzene rings is 1. The van der Waals surface area contributed by atoms with Crippen LogP contribution < -0.4 is 5.32 Å². The molecule has 2 nitrogen and oxygen atoms in total. The summed E-state index contributed by atoms with van der Waals surface area (Å²) in [5.41, 5.74) is 4.90. The fourth-order valence-corrected chi connectivity index (χ4v) is 2.59. The minimum Gasteiger partial charge on any atom is -0.453 e. The molecular formula is C15H18ClNO. The highest BCUT2D eigenvalue weighted by molar-refractivity contribution is 6.29. The third-order valence-electron chi connectivity index (χ3n) is 3.09. The lowest BCUT2D eigenvalue weighted by Gasteiger charge is -2.16. The molecule has 1 aromatic carbocycles. The van der Waals surface area contributed by atoms with Gasteiger partial charge in [0.15, 0.2) is 5.22 Å². The number of nitrogens with one attached hydrogen (secondary N) is 1. The van der Waals surface area contributed by atoms with Crippen LogP contribution in [0.5, 0.6) is 0 Å². The molecule has 18 heavy (non-hydrogen) atoms. The summed E-state index contributed by atoms with van der Waals surface area (Å²) in [5.74, 6) is 0. The summed E-state index contributed by atoms with van der Waals surface area (Å²) >= 11 is 6.04. The second-order valence-corrected chi connectivity index (χ2v) is 5.03. The maximum absolute atomic E-state index is 6.04. The Bertz CT molecular complexity index is 513. The van der Waals surface area contributed by atoms with Gasteiger partial charge in [-0.2, -0.15) is 0 Å². The van der Waals surface area contributed by atoms with Gasteiger partial charge in [0.05, 0.1) is 6.26 Å². The van der Waals surface area contributed by atoms with Crippen molar-refractivity contribution in [2.24, 2.45) is 0 Å². The standard InChI is InChI=1S/C15H18ClNO/c1-10-6-11(2)8-12(7-10)9-14(17-3)13-4-5-18-15(13)16/h4-8,14,17H,9H2,1-3H3. The zero-order valence-corrected chi connectivity index (χ0v) is 11.7. The Balaban J connectivity index is 2.23. The van der Waals surface area contributed by atoms with E-state index in [0.29, 0.717) is 5.22 Å². The molecule has 0 fully saturated rings. The van der Waals surface area contributed by atoms with Crippen LogP contribution in [0.3, 0.4) is 0 Å². The van der Waals surface area contributed by atoms with Crippen molar-refractivity contribution in [1.29, 1.82) is 0 Å². The Hall–Kier alpha value is -1.25. The van der Waals surface area contributed by atoms with Crippen LogP contribution in [0.1, 0.15) is 28.3 Å². The van der Waals surface area contributed by atoms with Gasteiger partial charge < -0.3 is 9.73 Å². The highest BCUT2D eigenvalue weighted by Crippen LogP contribution is 2.27. The van der Waals surface area contributed by atoms with E-state index >= 15 is 0 Å². The van der Waals surface area contributed by atoms with Gasteiger partial charge in [0.25, 0.3) is 0 Å². The van der Waals surface area contributed by atoms with Crippen molar-refractivity contribution >= 4 is 11.6 Å². The molecule has 0 bridgehead atoms. The number of halogens is 1.